The fraction of sp³-hybridized carbons (Fsp3) is 0.375. The SMILES string of the molecule is CC(C)c1csc(C2(c3nc4c(c(=O)[nH]3)CN(C(=O)[C@H](O)c3cccc(-c5ccnc(C(F)(F)F)c5)c3)CCC4)CC2)c1. The van der Waals surface area contributed by atoms with Crippen LogP contribution in [-0.4, -0.2) is 37.4 Å². The summed E-state index contributed by atoms with van der Waals surface area (Å²) in [5, 5.41) is 13.2. The second kappa shape index (κ2) is 11.0. The smallest absolute Gasteiger partial charge is 0.378 e. The number of rotatable bonds is 6. The second-order valence-electron chi connectivity index (χ2n) is 11.6. The Balaban J connectivity index is 1.23. The van der Waals surface area contributed by atoms with Crippen molar-refractivity contribution in [2.75, 3.05) is 6.54 Å². The lowest BCUT2D eigenvalue weighted by Crippen LogP contribution is -2.36. The van der Waals surface area contributed by atoms with Gasteiger partial charge in [-0.2, -0.15) is 13.2 Å². The molecule has 0 radical (unpaired) electrons. The molecule has 1 fully saturated rings. The standard InChI is InChI=1S/C32H31F3N4O3S/c1-18(2)22-15-26(43-17-22)31(9-10-31)30-37-24-7-4-12-39(16-23(24)28(41)38-30)29(42)27(40)21-6-3-5-19(13-21)20-8-11-36-25(14-20)32(33,34)35/h3,5-6,8,11,13-15,17-18,27,40H,4,7,9-10,12,16H2,1-2H3,(H,37,38,41)/t27-/m1/s1. The summed E-state index contributed by atoms with van der Waals surface area (Å²) in [5.74, 6) is 0.506. The molecule has 1 saturated carbocycles. The minimum atomic E-state index is -4.60. The highest BCUT2D eigenvalue weighted by Gasteiger charge is 2.50. The number of nitrogens with zero attached hydrogens (tertiary/aromatic N) is 3. The van der Waals surface area contributed by atoms with Crippen LogP contribution in [-0.2, 0) is 29.4 Å². The van der Waals surface area contributed by atoms with E-state index in [0.717, 1.165) is 25.1 Å². The van der Waals surface area contributed by atoms with E-state index in [2.05, 4.69) is 35.3 Å². The summed E-state index contributed by atoms with van der Waals surface area (Å²) in [6, 6.07) is 10.8. The number of hydrogen-bond donors (Lipinski definition) is 2. The molecule has 0 saturated heterocycles. The molecule has 1 aromatic carbocycles. The van der Waals surface area contributed by atoms with Crippen LogP contribution in [0.25, 0.3) is 11.1 Å². The summed E-state index contributed by atoms with van der Waals surface area (Å²) in [6.07, 6.45) is -2.14. The van der Waals surface area contributed by atoms with Crippen molar-refractivity contribution >= 4 is 17.2 Å². The summed E-state index contributed by atoms with van der Waals surface area (Å²) in [4.78, 5) is 40.9. The number of aromatic amines is 1. The summed E-state index contributed by atoms with van der Waals surface area (Å²) in [7, 11) is 0. The molecule has 1 aliphatic heterocycles. The number of nitrogens with one attached hydrogen (secondary N) is 1. The van der Waals surface area contributed by atoms with Gasteiger partial charge >= 0.3 is 6.18 Å². The molecule has 1 amide bonds. The molecule has 0 spiro atoms. The lowest BCUT2D eigenvalue weighted by molar-refractivity contribution is -0.141. The van der Waals surface area contributed by atoms with Crippen LogP contribution in [0.3, 0.4) is 0 Å². The molecule has 4 heterocycles. The van der Waals surface area contributed by atoms with Crippen LogP contribution in [0.1, 0.15) is 83.9 Å². The van der Waals surface area contributed by atoms with E-state index in [4.69, 9.17) is 4.98 Å². The van der Waals surface area contributed by atoms with Gasteiger partial charge in [-0.25, -0.2) is 4.98 Å². The van der Waals surface area contributed by atoms with Crippen LogP contribution in [0.15, 0.2) is 58.8 Å². The lowest BCUT2D eigenvalue weighted by atomic mass is 9.99. The molecule has 0 bridgehead atoms. The van der Waals surface area contributed by atoms with Crippen molar-refractivity contribution in [3.8, 4) is 11.1 Å². The topological polar surface area (TPSA) is 99.2 Å². The van der Waals surface area contributed by atoms with Crippen LogP contribution in [0, 0.1) is 0 Å². The highest BCUT2D eigenvalue weighted by Crippen LogP contribution is 2.54. The number of fused-ring (bicyclic) bond motifs is 1. The fourth-order valence-electron chi connectivity index (χ4n) is 5.63. The van der Waals surface area contributed by atoms with Gasteiger partial charge in [0.2, 0.25) is 0 Å². The predicted molar refractivity (Wildman–Crippen MR) is 157 cm³/mol. The van der Waals surface area contributed by atoms with Crippen molar-refractivity contribution in [3.63, 3.8) is 0 Å². The zero-order chi connectivity index (χ0) is 30.5. The molecule has 0 unspecified atom stereocenters. The Kier molecular flexibility index (Phi) is 7.50. The van der Waals surface area contributed by atoms with Crippen LogP contribution < -0.4 is 5.56 Å². The molecular formula is C32H31F3N4O3S. The van der Waals surface area contributed by atoms with Crippen molar-refractivity contribution in [2.45, 2.75) is 69.7 Å². The number of alkyl halides is 3. The number of benzene rings is 1. The number of amides is 1. The summed E-state index contributed by atoms with van der Waals surface area (Å²) < 4.78 is 39.5. The Morgan fingerprint density at radius 2 is 1.88 bits per heavy atom. The Morgan fingerprint density at radius 3 is 2.58 bits per heavy atom. The number of carbonyl (C=O) groups excluding carboxylic acids is 1. The zero-order valence-electron chi connectivity index (χ0n) is 23.7. The van der Waals surface area contributed by atoms with Crippen molar-refractivity contribution in [1.82, 2.24) is 19.9 Å². The minimum Gasteiger partial charge on any atom is -0.378 e. The first-order valence-electron chi connectivity index (χ1n) is 14.3. The van der Waals surface area contributed by atoms with Crippen molar-refractivity contribution in [1.29, 1.82) is 0 Å². The van der Waals surface area contributed by atoms with Gasteiger partial charge in [0.15, 0.2) is 6.10 Å². The zero-order valence-corrected chi connectivity index (χ0v) is 24.6. The molecule has 2 N–H and O–H groups in total. The molecule has 6 rings (SSSR count). The van der Waals surface area contributed by atoms with Crippen molar-refractivity contribution < 1.29 is 23.1 Å². The second-order valence-corrected chi connectivity index (χ2v) is 12.6. The number of thiophene rings is 1. The Labute approximate surface area is 250 Å². The molecule has 1 atom stereocenters. The van der Waals surface area contributed by atoms with E-state index in [1.165, 1.54) is 27.5 Å². The maximum atomic E-state index is 13.5. The van der Waals surface area contributed by atoms with E-state index in [9.17, 15) is 27.9 Å². The van der Waals surface area contributed by atoms with Gasteiger partial charge in [0.25, 0.3) is 11.5 Å². The lowest BCUT2D eigenvalue weighted by Gasteiger charge is -2.24. The normalized spacial score (nSPS) is 17.0. The number of aryl methyl sites for hydroxylation is 1. The molecule has 3 aromatic heterocycles. The van der Waals surface area contributed by atoms with Gasteiger partial charge in [-0.1, -0.05) is 32.0 Å². The van der Waals surface area contributed by atoms with E-state index in [0.29, 0.717) is 47.9 Å². The number of aliphatic hydroxyl groups excluding tert-OH is 1. The molecule has 7 nitrogen and oxygen atoms in total. The van der Waals surface area contributed by atoms with E-state index in [1.54, 1.807) is 29.5 Å². The maximum absolute atomic E-state index is 13.5. The molecular weight excluding hydrogens is 577 g/mol. The Morgan fingerprint density at radius 1 is 1.12 bits per heavy atom. The number of aromatic nitrogens is 3. The largest absolute Gasteiger partial charge is 0.433 e. The third kappa shape index (κ3) is 5.63. The van der Waals surface area contributed by atoms with Crippen molar-refractivity contribution in [3.05, 3.63) is 103 Å². The average Bonchev–Trinajstić information content (AvgIpc) is 3.70. The molecule has 4 aromatic rings. The number of H-pyrrole nitrogens is 1. The summed E-state index contributed by atoms with van der Waals surface area (Å²) in [6.45, 7) is 4.65. The highest BCUT2D eigenvalue weighted by molar-refractivity contribution is 7.10. The van der Waals surface area contributed by atoms with Crippen molar-refractivity contribution in [2.24, 2.45) is 0 Å². The molecule has 1 aliphatic carbocycles. The Hall–Kier alpha value is -3.83. The van der Waals surface area contributed by atoms with E-state index >= 15 is 0 Å². The van der Waals surface area contributed by atoms with E-state index < -0.39 is 23.9 Å². The number of pyridine rings is 1. The van der Waals surface area contributed by atoms with E-state index in [-0.39, 0.29) is 28.6 Å². The Bertz CT molecular complexity index is 1740. The van der Waals surface area contributed by atoms with Gasteiger partial charge in [-0.15, -0.1) is 11.3 Å². The summed E-state index contributed by atoms with van der Waals surface area (Å²) >= 11 is 1.70. The van der Waals surface area contributed by atoms with Gasteiger partial charge < -0.3 is 15.0 Å². The molecule has 224 valence electrons. The van der Waals surface area contributed by atoms with Gasteiger partial charge in [-0.3, -0.25) is 14.6 Å². The molecule has 2 aliphatic rings. The van der Waals surface area contributed by atoms with Gasteiger partial charge in [-0.05, 0) is 83.5 Å². The average molecular weight is 609 g/mol. The monoisotopic (exact) mass is 608 g/mol. The predicted octanol–water partition coefficient (Wildman–Crippen LogP) is 6.12. The molecule has 43 heavy (non-hydrogen) atoms. The first-order valence-corrected chi connectivity index (χ1v) is 15.2. The quantitative estimate of drug-likeness (QED) is 0.275. The van der Waals surface area contributed by atoms with Crippen LogP contribution in [0.5, 0.6) is 0 Å². The minimum absolute atomic E-state index is 0.0102. The number of carbonyl (C=O) groups is 1. The number of aliphatic hydroxyl groups is 1. The maximum Gasteiger partial charge on any atom is 0.433 e. The summed E-state index contributed by atoms with van der Waals surface area (Å²) in [5.41, 5.74) is 1.70. The third-order valence-electron chi connectivity index (χ3n) is 8.38. The van der Waals surface area contributed by atoms with Crippen LogP contribution in [0.2, 0.25) is 0 Å². The highest BCUT2D eigenvalue weighted by atomic mass is 32.1. The van der Waals surface area contributed by atoms with E-state index in [1.807, 2.05) is 0 Å². The first kappa shape index (κ1) is 29.3. The van der Waals surface area contributed by atoms with Crippen LogP contribution >= 0.6 is 11.3 Å². The van der Waals surface area contributed by atoms with Gasteiger partial charge in [0.05, 0.1) is 23.2 Å². The van der Waals surface area contributed by atoms with Gasteiger partial charge in [0.1, 0.15) is 11.5 Å². The number of halogens is 3. The number of hydrogen-bond acceptors (Lipinski definition) is 6. The van der Waals surface area contributed by atoms with Gasteiger partial charge in [0, 0.05) is 17.6 Å². The fourth-order valence-corrected chi connectivity index (χ4v) is 6.97. The first-order chi connectivity index (χ1) is 20.5. The van der Waals surface area contributed by atoms with Crippen LogP contribution in [0.4, 0.5) is 13.2 Å². The third-order valence-corrected chi connectivity index (χ3v) is 9.54. The molecule has 11 heteroatoms.